The maximum atomic E-state index is 12.5. The highest BCUT2D eigenvalue weighted by atomic mass is 32.2. The van der Waals surface area contributed by atoms with E-state index in [0.29, 0.717) is 5.92 Å². The largest absolute Gasteiger partial charge is 0.289 e. The first kappa shape index (κ1) is 14.0. The van der Waals surface area contributed by atoms with Crippen LogP contribution >= 0.6 is 0 Å². The van der Waals surface area contributed by atoms with Gasteiger partial charge in [0, 0.05) is 19.2 Å². The van der Waals surface area contributed by atoms with E-state index in [1.54, 1.807) is 0 Å². The minimum atomic E-state index is -3.83. The first-order chi connectivity index (χ1) is 8.85. The molecule has 7 heteroatoms. The fourth-order valence-electron chi connectivity index (χ4n) is 2.08. The lowest BCUT2D eigenvalue weighted by atomic mass is 10.2. The second-order valence-corrected chi connectivity index (χ2v) is 6.79. The Morgan fingerprint density at radius 2 is 1.95 bits per heavy atom. The summed E-state index contributed by atoms with van der Waals surface area (Å²) in [6, 6.07) is 5.31. The van der Waals surface area contributed by atoms with Crippen LogP contribution in [-0.2, 0) is 10.0 Å². The first-order valence-electron chi connectivity index (χ1n) is 6.07. The Kier molecular flexibility index (Phi) is 3.60. The van der Waals surface area contributed by atoms with Crippen LogP contribution < -0.4 is 0 Å². The molecule has 19 heavy (non-hydrogen) atoms. The summed E-state index contributed by atoms with van der Waals surface area (Å²) < 4.78 is 26.1. The monoisotopic (exact) mass is 284 g/mol. The molecule has 0 saturated heterocycles. The molecule has 104 valence electrons. The standard InChI is InChI=1S/C12H16N2O4S/c1-9(10-7-8-10)13(2)19(17,18)12-6-4-3-5-11(12)14(15)16/h3-6,9-10H,7-8H2,1-2H3/t9-/m0/s1. The van der Waals surface area contributed by atoms with Gasteiger partial charge < -0.3 is 0 Å². The third-order valence-electron chi connectivity index (χ3n) is 3.60. The molecule has 0 aromatic heterocycles. The topological polar surface area (TPSA) is 80.5 Å². The third-order valence-corrected chi connectivity index (χ3v) is 5.59. The van der Waals surface area contributed by atoms with Crippen molar-refractivity contribution in [2.75, 3.05) is 7.05 Å². The van der Waals surface area contributed by atoms with Crippen molar-refractivity contribution in [3.63, 3.8) is 0 Å². The van der Waals surface area contributed by atoms with Gasteiger partial charge in [0.25, 0.3) is 5.69 Å². The lowest BCUT2D eigenvalue weighted by molar-refractivity contribution is -0.387. The van der Waals surface area contributed by atoms with E-state index in [-0.39, 0.29) is 16.6 Å². The predicted molar refractivity (Wildman–Crippen MR) is 70.2 cm³/mol. The third kappa shape index (κ3) is 2.62. The van der Waals surface area contributed by atoms with Crippen LogP contribution in [0.3, 0.4) is 0 Å². The highest BCUT2D eigenvalue weighted by Gasteiger charge is 2.38. The van der Waals surface area contributed by atoms with Gasteiger partial charge in [-0.2, -0.15) is 4.31 Å². The highest BCUT2D eigenvalue weighted by Crippen LogP contribution is 2.37. The molecule has 1 aliphatic rings. The number of hydrogen-bond donors (Lipinski definition) is 0. The Bertz CT molecular complexity index is 596. The summed E-state index contributed by atoms with van der Waals surface area (Å²) in [5.74, 6) is 0.363. The van der Waals surface area contributed by atoms with E-state index in [9.17, 15) is 18.5 Å². The minimum absolute atomic E-state index is 0.134. The van der Waals surface area contributed by atoms with E-state index in [1.807, 2.05) is 6.92 Å². The number of para-hydroxylation sites is 1. The summed E-state index contributed by atoms with van der Waals surface area (Å²) in [5, 5.41) is 10.9. The Labute approximate surface area is 112 Å². The van der Waals surface area contributed by atoms with Crippen LogP contribution in [-0.4, -0.2) is 30.7 Å². The van der Waals surface area contributed by atoms with Crippen molar-refractivity contribution >= 4 is 15.7 Å². The molecule has 1 aliphatic carbocycles. The van der Waals surface area contributed by atoms with Gasteiger partial charge in [-0.05, 0) is 31.7 Å². The molecule has 1 aromatic rings. The molecular weight excluding hydrogens is 268 g/mol. The van der Waals surface area contributed by atoms with E-state index in [2.05, 4.69) is 0 Å². The molecular formula is C12H16N2O4S. The minimum Gasteiger partial charge on any atom is -0.258 e. The second-order valence-electron chi connectivity index (χ2n) is 4.82. The van der Waals surface area contributed by atoms with Crippen LogP contribution in [0, 0.1) is 16.0 Å². The lowest BCUT2D eigenvalue weighted by Gasteiger charge is -2.23. The molecule has 0 heterocycles. The van der Waals surface area contributed by atoms with E-state index in [1.165, 1.54) is 35.6 Å². The molecule has 0 radical (unpaired) electrons. The number of rotatable bonds is 5. The van der Waals surface area contributed by atoms with E-state index in [0.717, 1.165) is 12.8 Å². The van der Waals surface area contributed by atoms with Gasteiger partial charge in [-0.1, -0.05) is 12.1 Å². The molecule has 0 amide bonds. The molecule has 6 nitrogen and oxygen atoms in total. The van der Waals surface area contributed by atoms with Crippen LogP contribution in [0.4, 0.5) is 5.69 Å². The summed E-state index contributed by atoms with van der Waals surface area (Å²) >= 11 is 0. The van der Waals surface area contributed by atoms with Crippen molar-refractivity contribution in [3.05, 3.63) is 34.4 Å². The zero-order valence-electron chi connectivity index (χ0n) is 10.8. The lowest BCUT2D eigenvalue weighted by Crippen LogP contribution is -2.36. The van der Waals surface area contributed by atoms with Gasteiger partial charge in [0.05, 0.1) is 4.92 Å². The quantitative estimate of drug-likeness (QED) is 0.612. The molecule has 2 rings (SSSR count). The van der Waals surface area contributed by atoms with Gasteiger partial charge in [0.1, 0.15) is 0 Å². The number of benzene rings is 1. The predicted octanol–water partition coefficient (Wildman–Crippen LogP) is 2.01. The van der Waals surface area contributed by atoms with E-state index in [4.69, 9.17) is 0 Å². The van der Waals surface area contributed by atoms with Crippen molar-refractivity contribution < 1.29 is 13.3 Å². The Morgan fingerprint density at radius 1 is 1.37 bits per heavy atom. The van der Waals surface area contributed by atoms with Crippen LogP contribution in [0.2, 0.25) is 0 Å². The summed E-state index contributed by atoms with van der Waals surface area (Å²) in [5.41, 5.74) is -0.377. The highest BCUT2D eigenvalue weighted by molar-refractivity contribution is 7.89. The first-order valence-corrected chi connectivity index (χ1v) is 7.51. The molecule has 0 aliphatic heterocycles. The average Bonchev–Trinajstić information content (AvgIpc) is 3.21. The normalized spacial score (nSPS) is 17.4. The van der Waals surface area contributed by atoms with Crippen molar-refractivity contribution in [1.82, 2.24) is 4.31 Å². The Morgan fingerprint density at radius 3 is 2.47 bits per heavy atom. The number of sulfonamides is 1. The van der Waals surface area contributed by atoms with Crippen LogP contribution in [0.5, 0.6) is 0 Å². The maximum absolute atomic E-state index is 12.5. The summed E-state index contributed by atoms with van der Waals surface area (Å²) in [7, 11) is -2.35. The van der Waals surface area contributed by atoms with Gasteiger partial charge in [0.15, 0.2) is 4.90 Å². The molecule has 1 aromatic carbocycles. The molecule has 1 atom stereocenters. The van der Waals surface area contributed by atoms with Gasteiger partial charge in [-0.3, -0.25) is 10.1 Å². The number of nitro groups is 1. The second kappa shape index (κ2) is 4.90. The maximum Gasteiger partial charge on any atom is 0.289 e. The van der Waals surface area contributed by atoms with Gasteiger partial charge >= 0.3 is 0 Å². The fraction of sp³-hybridized carbons (Fsp3) is 0.500. The molecule has 0 N–H and O–H groups in total. The Balaban J connectivity index is 2.41. The van der Waals surface area contributed by atoms with Gasteiger partial charge in [-0.15, -0.1) is 0 Å². The number of hydrogen-bond acceptors (Lipinski definition) is 4. The van der Waals surface area contributed by atoms with Gasteiger partial charge in [-0.25, -0.2) is 8.42 Å². The van der Waals surface area contributed by atoms with Crippen molar-refractivity contribution in [3.8, 4) is 0 Å². The number of nitrogens with zero attached hydrogens (tertiary/aromatic N) is 2. The van der Waals surface area contributed by atoms with Crippen LogP contribution in [0.15, 0.2) is 29.2 Å². The summed E-state index contributed by atoms with van der Waals surface area (Å²) in [6.07, 6.45) is 2.02. The number of nitro benzene ring substituents is 1. The van der Waals surface area contributed by atoms with Crippen molar-refractivity contribution in [2.24, 2.45) is 5.92 Å². The molecule has 0 spiro atoms. The van der Waals surface area contributed by atoms with E-state index < -0.39 is 14.9 Å². The SMILES string of the molecule is C[C@@H](C1CC1)N(C)S(=O)(=O)c1ccccc1[N+](=O)[O-]. The Hall–Kier alpha value is -1.47. The van der Waals surface area contributed by atoms with Crippen LogP contribution in [0.1, 0.15) is 19.8 Å². The van der Waals surface area contributed by atoms with Crippen LogP contribution in [0.25, 0.3) is 0 Å². The molecule has 0 unspecified atom stereocenters. The molecule has 0 bridgehead atoms. The molecule has 1 saturated carbocycles. The van der Waals surface area contributed by atoms with E-state index >= 15 is 0 Å². The average molecular weight is 284 g/mol. The zero-order valence-corrected chi connectivity index (χ0v) is 11.6. The van der Waals surface area contributed by atoms with Gasteiger partial charge in [0.2, 0.25) is 10.0 Å². The van der Waals surface area contributed by atoms with Crippen molar-refractivity contribution in [2.45, 2.75) is 30.7 Å². The summed E-state index contributed by atoms with van der Waals surface area (Å²) in [4.78, 5) is 10.0. The summed E-state index contributed by atoms with van der Waals surface area (Å²) in [6.45, 7) is 1.84. The smallest absolute Gasteiger partial charge is 0.258 e. The van der Waals surface area contributed by atoms with Crippen molar-refractivity contribution in [1.29, 1.82) is 0 Å². The zero-order chi connectivity index (χ0) is 14.2. The fourth-order valence-corrected chi connectivity index (χ4v) is 3.65. The molecule has 1 fully saturated rings.